The van der Waals surface area contributed by atoms with E-state index in [0.717, 1.165) is 4.47 Å². The van der Waals surface area contributed by atoms with E-state index in [2.05, 4.69) is 47.2 Å². The molecule has 0 aromatic heterocycles. The molecule has 0 atom stereocenters. The zero-order valence-corrected chi connectivity index (χ0v) is 12.4. The van der Waals surface area contributed by atoms with E-state index in [1.165, 1.54) is 5.56 Å². The molecule has 0 saturated carbocycles. The molecule has 3 N–H and O–H groups in total. The lowest BCUT2D eigenvalue weighted by Crippen LogP contribution is -2.39. The third-order valence-electron chi connectivity index (χ3n) is 2.52. The average Bonchev–Trinajstić information content (AvgIpc) is 2.26. The molecule has 1 amide bonds. The number of nitrogens with one attached hydrogen (secondary N) is 1. The van der Waals surface area contributed by atoms with Crippen molar-refractivity contribution >= 4 is 34.2 Å². The highest BCUT2D eigenvalue weighted by Crippen LogP contribution is 2.24. The van der Waals surface area contributed by atoms with Gasteiger partial charge in [0.15, 0.2) is 0 Å². The van der Waals surface area contributed by atoms with Crippen LogP contribution in [0.25, 0.3) is 0 Å². The van der Waals surface area contributed by atoms with E-state index in [1.807, 2.05) is 12.1 Å². The molecular formula is C12H18BrClN2O. The minimum Gasteiger partial charge on any atom is -0.354 e. The van der Waals surface area contributed by atoms with Gasteiger partial charge in [0.1, 0.15) is 0 Å². The molecule has 17 heavy (non-hydrogen) atoms. The van der Waals surface area contributed by atoms with Gasteiger partial charge < -0.3 is 11.1 Å². The van der Waals surface area contributed by atoms with Gasteiger partial charge in [-0.1, -0.05) is 41.9 Å². The first-order valence-electron chi connectivity index (χ1n) is 5.18. The van der Waals surface area contributed by atoms with E-state index in [1.54, 1.807) is 0 Å². The molecule has 1 rings (SSSR count). The van der Waals surface area contributed by atoms with Crippen molar-refractivity contribution in [2.75, 3.05) is 13.1 Å². The Balaban J connectivity index is 0.00000256. The van der Waals surface area contributed by atoms with Gasteiger partial charge in [0, 0.05) is 16.4 Å². The molecular weight excluding hydrogens is 304 g/mol. The standard InChI is InChI=1S/C12H17BrN2O.ClH/c1-12(2,8-15-11(16)7-14)9-4-3-5-10(13)6-9;/h3-6H,7-8,14H2,1-2H3,(H,15,16);1H. The molecule has 0 fully saturated rings. The van der Waals surface area contributed by atoms with E-state index >= 15 is 0 Å². The predicted octanol–water partition coefficient (Wildman–Crippen LogP) is 2.22. The summed E-state index contributed by atoms with van der Waals surface area (Å²) in [6, 6.07) is 8.10. The highest BCUT2D eigenvalue weighted by molar-refractivity contribution is 9.10. The molecule has 0 aliphatic rings. The lowest BCUT2D eigenvalue weighted by atomic mass is 9.84. The summed E-state index contributed by atoms with van der Waals surface area (Å²) in [6.45, 7) is 4.80. The smallest absolute Gasteiger partial charge is 0.233 e. The summed E-state index contributed by atoms with van der Waals surface area (Å²) in [6.07, 6.45) is 0. The van der Waals surface area contributed by atoms with Crippen LogP contribution in [-0.2, 0) is 10.2 Å². The summed E-state index contributed by atoms with van der Waals surface area (Å²) >= 11 is 3.44. The Morgan fingerprint density at radius 2 is 2.12 bits per heavy atom. The van der Waals surface area contributed by atoms with Gasteiger partial charge in [-0.3, -0.25) is 4.79 Å². The van der Waals surface area contributed by atoms with Crippen LogP contribution in [0, 0.1) is 0 Å². The Morgan fingerprint density at radius 1 is 1.47 bits per heavy atom. The molecule has 0 aliphatic heterocycles. The largest absolute Gasteiger partial charge is 0.354 e. The van der Waals surface area contributed by atoms with E-state index in [0.29, 0.717) is 6.54 Å². The minimum atomic E-state index is -0.122. The maximum Gasteiger partial charge on any atom is 0.233 e. The Bertz CT molecular complexity index is 383. The number of benzene rings is 1. The number of rotatable bonds is 4. The quantitative estimate of drug-likeness (QED) is 0.893. The van der Waals surface area contributed by atoms with Crippen molar-refractivity contribution in [2.24, 2.45) is 5.73 Å². The lowest BCUT2D eigenvalue weighted by Gasteiger charge is -2.25. The molecule has 96 valence electrons. The van der Waals surface area contributed by atoms with Gasteiger partial charge >= 0.3 is 0 Å². The first kappa shape index (κ1) is 16.4. The van der Waals surface area contributed by atoms with Gasteiger partial charge in [0.25, 0.3) is 0 Å². The third-order valence-corrected chi connectivity index (χ3v) is 3.01. The van der Waals surface area contributed by atoms with Crippen LogP contribution in [0.1, 0.15) is 19.4 Å². The molecule has 0 saturated heterocycles. The minimum absolute atomic E-state index is 0. The van der Waals surface area contributed by atoms with Gasteiger partial charge in [0.05, 0.1) is 6.54 Å². The fourth-order valence-corrected chi connectivity index (χ4v) is 1.80. The van der Waals surface area contributed by atoms with Crippen molar-refractivity contribution in [2.45, 2.75) is 19.3 Å². The van der Waals surface area contributed by atoms with Crippen LogP contribution in [0.3, 0.4) is 0 Å². The van der Waals surface area contributed by atoms with Gasteiger partial charge in [-0.2, -0.15) is 0 Å². The number of amides is 1. The number of carbonyl (C=O) groups excluding carboxylic acids is 1. The van der Waals surface area contributed by atoms with Gasteiger partial charge in [-0.25, -0.2) is 0 Å². The van der Waals surface area contributed by atoms with Crippen LogP contribution in [0.5, 0.6) is 0 Å². The van der Waals surface area contributed by atoms with Crippen LogP contribution >= 0.6 is 28.3 Å². The molecule has 0 unspecified atom stereocenters. The summed E-state index contributed by atoms with van der Waals surface area (Å²) in [7, 11) is 0. The monoisotopic (exact) mass is 320 g/mol. The number of carbonyl (C=O) groups is 1. The molecule has 1 aromatic carbocycles. The number of nitrogens with two attached hydrogens (primary N) is 1. The van der Waals surface area contributed by atoms with Crippen molar-refractivity contribution < 1.29 is 4.79 Å². The van der Waals surface area contributed by atoms with E-state index in [9.17, 15) is 4.79 Å². The summed E-state index contributed by atoms with van der Waals surface area (Å²) in [5.41, 5.74) is 6.32. The molecule has 5 heteroatoms. The predicted molar refractivity (Wildman–Crippen MR) is 76.5 cm³/mol. The zero-order valence-electron chi connectivity index (χ0n) is 10.00. The molecule has 0 bridgehead atoms. The summed E-state index contributed by atoms with van der Waals surface area (Å²) in [5, 5.41) is 2.81. The first-order valence-corrected chi connectivity index (χ1v) is 5.98. The van der Waals surface area contributed by atoms with Crippen LogP contribution in [0.4, 0.5) is 0 Å². The number of hydrogen-bond donors (Lipinski definition) is 2. The Morgan fingerprint density at radius 3 is 2.65 bits per heavy atom. The fourth-order valence-electron chi connectivity index (χ4n) is 1.40. The fraction of sp³-hybridized carbons (Fsp3) is 0.417. The van der Waals surface area contributed by atoms with E-state index < -0.39 is 0 Å². The summed E-state index contributed by atoms with van der Waals surface area (Å²) in [4.78, 5) is 11.1. The van der Waals surface area contributed by atoms with E-state index in [-0.39, 0.29) is 30.3 Å². The second-order valence-corrected chi connectivity index (χ2v) is 5.29. The zero-order chi connectivity index (χ0) is 12.2. The highest BCUT2D eigenvalue weighted by atomic mass is 79.9. The maximum atomic E-state index is 11.1. The van der Waals surface area contributed by atoms with E-state index in [4.69, 9.17) is 5.73 Å². The summed E-state index contributed by atoms with van der Waals surface area (Å²) in [5.74, 6) is -0.122. The SMILES string of the molecule is CC(C)(CNC(=O)CN)c1cccc(Br)c1.Cl. The van der Waals surface area contributed by atoms with Crippen molar-refractivity contribution in [3.63, 3.8) is 0 Å². The van der Waals surface area contributed by atoms with Gasteiger partial charge in [-0.15, -0.1) is 12.4 Å². The lowest BCUT2D eigenvalue weighted by molar-refractivity contribution is -0.119. The average molecular weight is 322 g/mol. The van der Waals surface area contributed by atoms with Crippen LogP contribution in [0.2, 0.25) is 0 Å². The van der Waals surface area contributed by atoms with Crippen molar-refractivity contribution in [3.8, 4) is 0 Å². The Hall–Kier alpha value is -0.580. The summed E-state index contributed by atoms with van der Waals surface area (Å²) < 4.78 is 1.04. The Labute approximate surface area is 117 Å². The third kappa shape index (κ3) is 5.06. The van der Waals surface area contributed by atoms with Crippen molar-refractivity contribution in [3.05, 3.63) is 34.3 Å². The number of halogens is 2. The topological polar surface area (TPSA) is 55.1 Å². The van der Waals surface area contributed by atoms with Crippen molar-refractivity contribution in [1.82, 2.24) is 5.32 Å². The van der Waals surface area contributed by atoms with Gasteiger partial charge in [-0.05, 0) is 17.7 Å². The molecule has 3 nitrogen and oxygen atoms in total. The Kier molecular flexibility index (Phi) is 6.75. The molecule has 0 aliphatic carbocycles. The van der Waals surface area contributed by atoms with Crippen LogP contribution in [-0.4, -0.2) is 19.0 Å². The number of hydrogen-bond acceptors (Lipinski definition) is 2. The van der Waals surface area contributed by atoms with Crippen LogP contribution in [0.15, 0.2) is 28.7 Å². The highest BCUT2D eigenvalue weighted by Gasteiger charge is 2.21. The second-order valence-electron chi connectivity index (χ2n) is 4.38. The molecule has 0 heterocycles. The first-order chi connectivity index (χ1) is 7.45. The maximum absolute atomic E-state index is 11.1. The molecule has 1 aromatic rings. The molecule has 0 radical (unpaired) electrons. The normalized spacial score (nSPS) is 10.6. The second kappa shape index (κ2) is 6.99. The molecule has 0 spiro atoms. The van der Waals surface area contributed by atoms with Crippen LogP contribution < -0.4 is 11.1 Å². The van der Waals surface area contributed by atoms with Gasteiger partial charge in [0.2, 0.25) is 5.91 Å². The van der Waals surface area contributed by atoms with Crippen molar-refractivity contribution in [1.29, 1.82) is 0 Å².